The number of rotatable bonds is 9. The van der Waals surface area contributed by atoms with Crippen LogP contribution in [0.2, 0.25) is 0 Å². The summed E-state index contributed by atoms with van der Waals surface area (Å²) in [5.74, 6) is -0.951. The summed E-state index contributed by atoms with van der Waals surface area (Å²) >= 11 is 0. The second-order valence-electron chi connectivity index (χ2n) is 3.32. The van der Waals surface area contributed by atoms with Crippen LogP contribution in [0.3, 0.4) is 0 Å². The molecular weight excluding hydrogens is 204 g/mol. The molecule has 0 spiro atoms. The first-order chi connectivity index (χ1) is 7.68. The van der Waals surface area contributed by atoms with E-state index in [0.717, 1.165) is 12.8 Å². The second kappa shape index (κ2) is 10.2. The molecular formula is C13H20O3. The van der Waals surface area contributed by atoms with E-state index in [4.69, 9.17) is 9.84 Å². The van der Waals surface area contributed by atoms with Gasteiger partial charge in [0, 0.05) is 12.0 Å². The average molecular weight is 224 g/mol. The van der Waals surface area contributed by atoms with Crippen molar-refractivity contribution in [2.75, 3.05) is 13.2 Å². The fourth-order valence-corrected chi connectivity index (χ4v) is 0.945. The molecule has 0 aliphatic carbocycles. The van der Waals surface area contributed by atoms with Gasteiger partial charge in [0.05, 0.1) is 13.2 Å². The topological polar surface area (TPSA) is 46.5 Å². The van der Waals surface area contributed by atoms with Crippen molar-refractivity contribution in [2.45, 2.75) is 26.2 Å². The standard InChI is InChI=1S/C13H20O3/c1-3-4-5-6-7-8-10-16-11-9-12(2)13(14)15/h4-7H,2-3,8-11H2,1H3,(H,14,15). The lowest BCUT2D eigenvalue weighted by molar-refractivity contribution is -0.132. The van der Waals surface area contributed by atoms with Crippen LogP contribution in [0, 0.1) is 0 Å². The van der Waals surface area contributed by atoms with Gasteiger partial charge < -0.3 is 9.84 Å². The van der Waals surface area contributed by atoms with Crippen LogP contribution < -0.4 is 0 Å². The van der Waals surface area contributed by atoms with Crippen molar-refractivity contribution in [3.63, 3.8) is 0 Å². The van der Waals surface area contributed by atoms with Crippen molar-refractivity contribution in [3.8, 4) is 0 Å². The molecule has 0 saturated carbocycles. The van der Waals surface area contributed by atoms with Gasteiger partial charge in [0.15, 0.2) is 0 Å². The maximum absolute atomic E-state index is 10.4. The van der Waals surface area contributed by atoms with Crippen LogP contribution >= 0.6 is 0 Å². The third-order valence-electron chi connectivity index (χ3n) is 1.90. The van der Waals surface area contributed by atoms with Crippen LogP contribution in [0.25, 0.3) is 0 Å². The normalized spacial score (nSPS) is 11.3. The van der Waals surface area contributed by atoms with Gasteiger partial charge in [-0.05, 0) is 12.8 Å². The molecule has 0 heterocycles. The summed E-state index contributed by atoms with van der Waals surface area (Å²) in [7, 11) is 0. The van der Waals surface area contributed by atoms with Gasteiger partial charge in [0.1, 0.15) is 0 Å². The largest absolute Gasteiger partial charge is 0.478 e. The highest BCUT2D eigenvalue weighted by atomic mass is 16.5. The number of carboxylic acid groups (broad SMARTS) is 1. The molecule has 16 heavy (non-hydrogen) atoms. The molecule has 0 atom stereocenters. The summed E-state index contributed by atoms with van der Waals surface area (Å²) in [5.41, 5.74) is 0.196. The highest BCUT2D eigenvalue weighted by Gasteiger charge is 2.02. The van der Waals surface area contributed by atoms with Crippen LogP contribution in [0.15, 0.2) is 36.5 Å². The minimum absolute atomic E-state index is 0.196. The van der Waals surface area contributed by atoms with Gasteiger partial charge in [-0.2, -0.15) is 0 Å². The summed E-state index contributed by atoms with van der Waals surface area (Å²) in [6, 6.07) is 0. The smallest absolute Gasteiger partial charge is 0.331 e. The molecule has 0 aromatic heterocycles. The number of hydrogen-bond donors (Lipinski definition) is 1. The van der Waals surface area contributed by atoms with Crippen molar-refractivity contribution in [1.82, 2.24) is 0 Å². The van der Waals surface area contributed by atoms with E-state index in [1.165, 1.54) is 0 Å². The fourth-order valence-electron chi connectivity index (χ4n) is 0.945. The van der Waals surface area contributed by atoms with Crippen LogP contribution in [0.1, 0.15) is 26.2 Å². The van der Waals surface area contributed by atoms with Crippen molar-refractivity contribution in [2.24, 2.45) is 0 Å². The molecule has 0 fully saturated rings. The van der Waals surface area contributed by atoms with Gasteiger partial charge in [-0.15, -0.1) is 0 Å². The lowest BCUT2D eigenvalue weighted by Crippen LogP contribution is -2.03. The fraction of sp³-hybridized carbons (Fsp3) is 0.462. The predicted molar refractivity (Wildman–Crippen MR) is 65.4 cm³/mol. The highest BCUT2D eigenvalue weighted by molar-refractivity contribution is 5.85. The van der Waals surface area contributed by atoms with E-state index in [1.807, 2.05) is 18.2 Å². The third-order valence-corrected chi connectivity index (χ3v) is 1.90. The monoisotopic (exact) mass is 224 g/mol. The molecule has 0 unspecified atom stereocenters. The van der Waals surface area contributed by atoms with E-state index in [1.54, 1.807) is 0 Å². The van der Waals surface area contributed by atoms with Crippen LogP contribution in [-0.2, 0) is 9.53 Å². The van der Waals surface area contributed by atoms with Crippen LogP contribution in [0.4, 0.5) is 0 Å². The Balaban J connectivity index is 3.34. The number of hydrogen-bond acceptors (Lipinski definition) is 2. The number of allylic oxidation sites excluding steroid dienone is 3. The minimum atomic E-state index is -0.951. The third kappa shape index (κ3) is 9.21. The molecule has 0 aromatic rings. The predicted octanol–water partition coefficient (Wildman–Crippen LogP) is 2.95. The number of ether oxygens (including phenoxy) is 1. The maximum Gasteiger partial charge on any atom is 0.331 e. The van der Waals surface area contributed by atoms with E-state index in [9.17, 15) is 4.79 Å². The number of carboxylic acids is 1. The summed E-state index contributed by atoms with van der Waals surface area (Å²) in [6.45, 7) is 6.54. The molecule has 90 valence electrons. The molecule has 0 aliphatic heterocycles. The van der Waals surface area contributed by atoms with Crippen molar-refractivity contribution < 1.29 is 14.6 Å². The second-order valence-corrected chi connectivity index (χ2v) is 3.32. The Morgan fingerprint density at radius 2 is 2.00 bits per heavy atom. The number of carbonyl (C=O) groups is 1. The van der Waals surface area contributed by atoms with Gasteiger partial charge in [-0.1, -0.05) is 37.8 Å². The van der Waals surface area contributed by atoms with Crippen molar-refractivity contribution in [1.29, 1.82) is 0 Å². The van der Waals surface area contributed by atoms with E-state index >= 15 is 0 Å². The molecule has 1 N–H and O–H groups in total. The molecule has 0 radical (unpaired) electrons. The first-order valence-electron chi connectivity index (χ1n) is 5.49. The zero-order valence-corrected chi connectivity index (χ0v) is 9.82. The van der Waals surface area contributed by atoms with Gasteiger partial charge >= 0.3 is 5.97 Å². The molecule has 3 heteroatoms. The Hall–Kier alpha value is -1.35. The Labute approximate surface area is 97.1 Å². The minimum Gasteiger partial charge on any atom is -0.478 e. The first-order valence-corrected chi connectivity index (χ1v) is 5.49. The van der Waals surface area contributed by atoms with Crippen LogP contribution in [-0.4, -0.2) is 24.3 Å². The van der Waals surface area contributed by atoms with Crippen LogP contribution in [0.5, 0.6) is 0 Å². The average Bonchev–Trinajstić information content (AvgIpc) is 2.26. The Bertz CT molecular complexity index is 264. The van der Waals surface area contributed by atoms with Gasteiger partial charge in [-0.25, -0.2) is 4.79 Å². The van der Waals surface area contributed by atoms with Gasteiger partial charge in [0.2, 0.25) is 0 Å². The zero-order chi connectivity index (χ0) is 12.2. The number of aliphatic carboxylic acids is 1. The van der Waals surface area contributed by atoms with Gasteiger partial charge in [0.25, 0.3) is 0 Å². The quantitative estimate of drug-likeness (QED) is 0.372. The molecule has 0 rings (SSSR count). The van der Waals surface area contributed by atoms with Crippen molar-refractivity contribution in [3.05, 3.63) is 36.5 Å². The SMILES string of the molecule is C=C(CCOCCC=CC=CCC)C(=O)O. The van der Waals surface area contributed by atoms with E-state index in [2.05, 4.69) is 19.6 Å². The Kier molecular flexibility index (Phi) is 9.32. The Morgan fingerprint density at radius 1 is 1.31 bits per heavy atom. The summed E-state index contributed by atoms with van der Waals surface area (Å²) in [4.78, 5) is 10.4. The maximum atomic E-state index is 10.4. The summed E-state index contributed by atoms with van der Waals surface area (Å²) in [5, 5.41) is 8.53. The zero-order valence-electron chi connectivity index (χ0n) is 9.82. The highest BCUT2D eigenvalue weighted by Crippen LogP contribution is 1.98. The van der Waals surface area contributed by atoms with Crippen molar-refractivity contribution >= 4 is 5.97 Å². The molecule has 0 aliphatic rings. The van der Waals surface area contributed by atoms with E-state index in [-0.39, 0.29) is 5.57 Å². The molecule has 0 bridgehead atoms. The lowest BCUT2D eigenvalue weighted by Gasteiger charge is -2.01. The Morgan fingerprint density at radius 3 is 2.62 bits per heavy atom. The summed E-state index contributed by atoms with van der Waals surface area (Å²) in [6.07, 6.45) is 10.4. The van der Waals surface area contributed by atoms with E-state index in [0.29, 0.717) is 19.6 Å². The lowest BCUT2D eigenvalue weighted by atomic mass is 10.2. The first kappa shape index (κ1) is 14.6. The molecule has 3 nitrogen and oxygen atoms in total. The molecule has 0 amide bonds. The van der Waals surface area contributed by atoms with Gasteiger partial charge in [-0.3, -0.25) is 0 Å². The molecule has 0 aromatic carbocycles. The molecule has 0 saturated heterocycles. The summed E-state index contributed by atoms with van der Waals surface area (Å²) < 4.78 is 5.26. The van der Waals surface area contributed by atoms with E-state index < -0.39 is 5.97 Å².